The maximum absolute atomic E-state index is 13.2. The molecule has 0 unspecified atom stereocenters. The SMILES string of the molecule is CC(=O)N(CC(=O)Nc1cccc(C)c1)c1ccc(F)c(Cl)c1. The standard InChI is InChI=1S/C17H16ClFN2O2/c1-11-4-3-5-13(8-11)20-17(23)10-21(12(2)22)14-6-7-16(19)15(18)9-14/h3-9H,10H2,1-2H3,(H,20,23). The molecule has 0 atom stereocenters. The Kier molecular flexibility index (Phi) is 5.34. The molecule has 2 aromatic rings. The van der Waals surface area contributed by atoms with Crippen LogP contribution in [0.3, 0.4) is 0 Å². The van der Waals surface area contributed by atoms with Gasteiger partial charge in [-0.1, -0.05) is 23.7 Å². The van der Waals surface area contributed by atoms with E-state index in [4.69, 9.17) is 11.6 Å². The zero-order chi connectivity index (χ0) is 17.0. The molecule has 2 amide bonds. The number of carbonyl (C=O) groups excluding carboxylic acids is 2. The number of amides is 2. The van der Waals surface area contributed by atoms with Crippen LogP contribution < -0.4 is 10.2 Å². The second kappa shape index (κ2) is 7.24. The van der Waals surface area contributed by atoms with Gasteiger partial charge in [0.1, 0.15) is 12.4 Å². The van der Waals surface area contributed by atoms with Crippen LogP contribution in [0.5, 0.6) is 0 Å². The molecule has 2 rings (SSSR count). The first-order valence-electron chi connectivity index (χ1n) is 6.96. The van der Waals surface area contributed by atoms with E-state index in [0.717, 1.165) is 11.6 Å². The Morgan fingerprint density at radius 2 is 1.96 bits per heavy atom. The summed E-state index contributed by atoms with van der Waals surface area (Å²) < 4.78 is 13.2. The third kappa shape index (κ3) is 4.53. The van der Waals surface area contributed by atoms with E-state index in [-0.39, 0.29) is 23.4 Å². The molecule has 1 N–H and O–H groups in total. The predicted molar refractivity (Wildman–Crippen MR) is 89.2 cm³/mol. The Morgan fingerprint density at radius 1 is 1.22 bits per heavy atom. The molecule has 0 aromatic heterocycles. The van der Waals surface area contributed by atoms with E-state index in [1.807, 2.05) is 25.1 Å². The highest BCUT2D eigenvalue weighted by Gasteiger charge is 2.17. The van der Waals surface area contributed by atoms with Gasteiger partial charge in [0.15, 0.2) is 0 Å². The molecule has 0 heterocycles. The van der Waals surface area contributed by atoms with Crippen LogP contribution >= 0.6 is 11.6 Å². The average molecular weight is 335 g/mol. The molecule has 0 bridgehead atoms. The molecule has 0 aliphatic carbocycles. The summed E-state index contributed by atoms with van der Waals surface area (Å²) >= 11 is 5.73. The van der Waals surface area contributed by atoms with E-state index in [2.05, 4.69) is 5.32 Å². The second-order valence-electron chi connectivity index (χ2n) is 5.12. The van der Waals surface area contributed by atoms with E-state index in [1.54, 1.807) is 6.07 Å². The molecule has 23 heavy (non-hydrogen) atoms. The van der Waals surface area contributed by atoms with Crippen molar-refractivity contribution >= 4 is 34.8 Å². The van der Waals surface area contributed by atoms with Crippen molar-refractivity contribution in [3.63, 3.8) is 0 Å². The molecule has 6 heteroatoms. The Bertz CT molecular complexity index is 749. The van der Waals surface area contributed by atoms with Gasteiger partial charge in [-0.3, -0.25) is 9.59 Å². The van der Waals surface area contributed by atoms with Crippen LogP contribution in [0.2, 0.25) is 5.02 Å². The summed E-state index contributed by atoms with van der Waals surface area (Å²) in [6.07, 6.45) is 0. The number of carbonyl (C=O) groups is 2. The first kappa shape index (κ1) is 17.0. The fraction of sp³-hybridized carbons (Fsp3) is 0.176. The summed E-state index contributed by atoms with van der Waals surface area (Å²) in [6, 6.07) is 11.2. The van der Waals surface area contributed by atoms with Gasteiger partial charge in [-0.2, -0.15) is 0 Å². The fourth-order valence-corrected chi connectivity index (χ4v) is 2.28. The van der Waals surface area contributed by atoms with Gasteiger partial charge in [0.25, 0.3) is 0 Å². The quantitative estimate of drug-likeness (QED) is 0.925. The summed E-state index contributed by atoms with van der Waals surface area (Å²) in [5, 5.41) is 2.62. The van der Waals surface area contributed by atoms with Crippen LogP contribution in [0, 0.1) is 12.7 Å². The van der Waals surface area contributed by atoms with E-state index < -0.39 is 5.82 Å². The lowest BCUT2D eigenvalue weighted by atomic mass is 10.2. The molecule has 0 saturated carbocycles. The number of rotatable bonds is 4. The first-order valence-corrected chi connectivity index (χ1v) is 7.34. The molecule has 0 radical (unpaired) electrons. The number of aryl methyl sites for hydroxylation is 1. The fourth-order valence-electron chi connectivity index (χ4n) is 2.10. The van der Waals surface area contributed by atoms with E-state index in [1.165, 1.54) is 24.0 Å². The molecule has 2 aromatic carbocycles. The van der Waals surface area contributed by atoms with Gasteiger partial charge < -0.3 is 10.2 Å². The lowest BCUT2D eigenvalue weighted by Crippen LogP contribution is -2.36. The van der Waals surface area contributed by atoms with Crippen LogP contribution in [-0.2, 0) is 9.59 Å². The lowest BCUT2D eigenvalue weighted by molar-refractivity contribution is -0.120. The number of anilines is 2. The van der Waals surface area contributed by atoms with Crippen LogP contribution in [0.15, 0.2) is 42.5 Å². The van der Waals surface area contributed by atoms with E-state index >= 15 is 0 Å². The topological polar surface area (TPSA) is 49.4 Å². The van der Waals surface area contributed by atoms with Crippen molar-refractivity contribution in [3.8, 4) is 0 Å². The van der Waals surface area contributed by atoms with E-state index in [0.29, 0.717) is 11.4 Å². The Balaban J connectivity index is 2.14. The van der Waals surface area contributed by atoms with Crippen molar-refractivity contribution in [1.82, 2.24) is 0 Å². The van der Waals surface area contributed by atoms with Crippen molar-refractivity contribution < 1.29 is 14.0 Å². The van der Waals surface area contributed by atoms with Crippen molar-refractivity contribution in [2.75, 3.05) is 16.8 Å². The smallest absolute Gasteiger partial charge is 0.244 e. The zero-order valence-electron chi connectivity index (χ0n) is 12.8. The third-order valence-corrected chi connectivity index (χ3v) is 3.49. The van der Waals surface area contributed by atoms with Crippen LogP contribution in [0.25, 0.3) is 0 Å². The van der Waals surface area contributed by atoms with Gasteiger partial charge in [-0.25, -0.2) is 4.39 Å². The Morgan fingerprint density at radius 3 is 2.57 bits per heavy atom. The van der Waals surface area contributed by atoms with Crippen molar-refractivity contribution in [1.29, 1.82) is 0 Å². The number of halogens is 2. The average Bonchev–Trinajstić information content (AvgIpc) is 2.47. The molecule has 0 spiro atoms. The summed E-state index contributed by atoms with van der Waals surface area (Å²) in [7, 11) is 0. The molecule has 0 aliphatic heterocycles. The molecule has 4 nitrogen and oxygen atoms in total. The molecule has 0 saturated heterocycles. The third-order valence-electron chi connectivity index (χ3n) is 3.20. The van der Waals surface area contributed by atoms with Crippen molar-refractivity contribution in [3.05, 3.63) is 58.9 Å². The largest absolute Gasteiger partial charge is 0.325 e. The van der Waals surface area contributed by atoms with Crippen molar-refractivity contribution in [2.24, 2.45) is 0 Å². The highest BCUT2D eigenvalue weighted by Crippen LogP contribution is 2.23. The Hall–Kier alpha value is -2.40. The van der Waals surface area contributed by atoms with Crippen LogP contribution in [0.4, 0.5) is 15.8 Å². The maximum Gasteiger partial charge on any atom is 0.244 e. The van der Waals surface area contributed by atoms with Crippen LogP contribution in [-0.4, -0.2) is 18.4 Å². The molecule has 0 fully saturated rings. The molecule has 0 aliphatic rings. The maximum atomic E-state index is 13.2. The minimum absolute atomic E-state index is 0.104. The molecular formula is C17H16ClFN2O2. The van der Waals surface area contributed by atoms with Gasteiger partial charge in [0.2, 0.25) is 11.8 Å². The van der Waals surface area contributed by atoms with Gasteiger partial charge in [-0.05, 0) is 42.8 Å². The monoisotopic (exact) mass is 334 g/mol. The normalized spacial score (nSPS) is 10.3. The van der Waals surface area contributed by atoms with Gasteiger partial charge in [-0.15, -0.1) is 0 Å². The number of benzene rings is 2. The summed E-state index contributed by atoms with van der Waals surface area (Å²) in [5.41, 5.74) is 2.02. The second-order valence-corrected chi connectivity index (χ2v) is 5.53. The summed E-state index contributed by atoms with van der Waals surface area (Å²) in [5.74, 6) is -1.28. The molecular weight excluding hydrogens is 319 g/mol. The van der Waals surface area contributed by atoms with Gasteiger partial charge >= 0.3 is 0 Å². The number of nitrogens with zero attached hydrogens (tertiary/aromatic N) is 1. The Labute approximate surface area is 138 Å². The highest BCUT2D eigenvalue weighted by molar-refractivity contribution is 6.31. The number of hydrogen-bond acceptors (Lipinski definition) is 2. The van der Waals surface area contributed by atoms with Crippen LogP contribution in [0.1, 0.15) is 12.5 Å². The van der Waals surface area contributed by atoms with Gasteiger partial charge in [0.05, 0.1) is 5.02 Å². The van der Waals surface area contributed by atoms with Crippen molar-refractivity contribution in [2.45, 2.75) is 13.8 Å². The first-order chi connectivity index (χ1) is 10.9. The highest BCUT2D eigenvalue weighted by atomic mass is 35.5. The minimum atomic E-state index is -0.580. The van der Waals surface area contributed by atoms with Gasteiger partial charge in [0, 0.05) is 18.3 Å². The predicted octanol–water partition coefficient (Wildman–Crippen LogP) is 3.78. The number of nitrogens with one attached hydrogen (secondary N) is 1. The number of hydrogen-bond donors (Lipinski definition) is 1. The minimum Gasteiger partial charge on any atom is -0.325 e. The zero-order valence-corrected chi connectivity index (χ0v) is 13.5. The summed E-state index contributed by atoms with van der Waals surface area (Å²) in [4.78, 5) is 25.2. The lowest BCUT2D eigenvalue weighted by Gasteiger charge is -2.21. The molecule has 120 valence electrons. The summed E-state index contributed by atoms with van der Waals surface area (Å²) in [6.45, 7) is 3.06. The van der Waals surface area contributed by atoms with E-state index in [9.17, 15) is 14.0 Å².